The molecule has 3 N–H and O–H groups in total. The standard InChI is InChI=1S/C8H17N3O3S2/c1-4-11(5-7(12)10-3)16(13,14)6(2)8(9)15/h6H,4-5H2,1-3H3,(H2,9,15)(H,10,12). The average molecular weight is 267 g/mol. The van der Waals surface area contributed by atoms with E-state index in [2.05, 4.69) is 17.5 Å². The van der Waals surface area contributed by atoms with Crippen molar-refractivity contribution in [2.45, 2.75) is 19.1 Å². The Labute approximate surface area is 101 Å². The zero-order valence-electron chi connectivity index (χ0n) is 9.56. The Morgan fingerprint density at radius 3 is 2.38 bits per heavy atom. The molecule has 1 atom stereocenters. The highest BCUT2D eigenvalue weighted by molar-refractivity contribution is 7.92. The Balaban J connectivity index is 4.95. The lowest BCUT2D eigenvalue weighted by atomic mass is 10.5. The molecule has 0 rings (SSSR count). The molecule has 8 heteroatoms. The van der Waals surface area contributed by atoms with Crippen LogP contribution in [0.2, 0.25) is 0 Å². The summed E-state index contributed by atoms with van der Waals surface area (Å²) in [6.45, 7) is 3.03. The molecule has 0 aromatic heterocycles. The van der Waals surface area contributed by atoms with E-state index in [1.165, 1.54) is 14.0 Å². The van der Waals surface area contributed by atoms with Crippen LogP contribution in [0.4, 0.5) is 0 Å². The molecule has 0 aromatic carbocycles. The van der Waals surface area contributed by atoms with E-state index in [1.54, 1.807) is 6.92 Å². The van der Waals surface area contributed by atoms with Gasteiger partial charge in [0.15, 0.2) is 0 Å². The fourth-order valence-corrected chi connectivity index (χ4v) is 2.75. The molecule has 1 unspecified atom stereocenters. The number of sulfonamides is 1. The van der Waals surface area contributed by atoms with Crippen LogP contribution in [0, 0.1) is 0 Å². The van der Waals surface area contributed by atoms with Crippen molar-refractivity contribution < 1.29 is 13.2 Å². The Morgan fingerprint density at radius 2 is 2.06 bits per heavy atom. The minimum Gasteiger partial charge on any atom is -0.392 e. The van der Waals surface area contributed by atoms with Crippen LogP contribution in [0.15, 0.2) is 0 Å². The largest absolute Gasteiger partial charge is 0.392 e. The molecule has 0 aliphatic carbocycles. The lowest BCUT2D eigenvalue weighted by Crippen LogP contribution is -2.46. The summed E-state index contributed by atoms with van der Waals surface area (Å²) in [6, 6.07) is 0. The summed E-state index contributed by atoms with van der Waals surface area (Å²) in [5.41, 5.74) is 5.30. The topological polar surface area (TPSA) is 92.5 Å². The number of hydrogen-bond donors (Lipinski definition) is 2. The van der Waals surface area contributed by atoms with E-state index in [-0.39, 0.29) is 24.0 Å². The first-order chi connectivity index (χ1) is 7.27. The fraction of sp³-hybridized carbons (Fsp3) is 0.750. The number of likely N-dealkylation sites (N-methyl/N-ethyl adjacent to an activating group) is 2. The molecule has 0 radical (unpaired) electrons. The van der Waals surface area contributed by atoms with Gasteiger partial charge in [0.2, 0.25) is 15.9 Å². The number of nitrogens with zero attached hydrogens (tertiary/aromatic N) is 1. The first-order valence-corrected chi connectivity index (χ1v) is 6.67. The SMILES string of the molecule is CCN(CC(=O)NC)S(=O)(=O)C(C)C(N)=S. The van der Waals surface area contributed by atoms with E-state index < -0.39 is 15.3 Å². The Hall–Kier alpha value is -0.730. The van der Waals surface area contributed by atoms with Crippen molar-refractivity contribution in [1.29, 1.82) is 0 Å². The highest BCUT2D eigenvalue weighted by Gasteiger charge is 2.30. The van der Waals surface area contributed by atoms with Gasteiger partial charge in [-0.15, -0.1) is 0 Å². The van der Waals surface area contributed by atoms with Crippen LogP contribution in [-0.4, -0.2) is 49.0 Å². The minimum atomic E-state index is -3.65. The first-order valence-electron chi connectivity index (χ1n) is 4.76. The Kier molecular flexibility index (Phi) is 5.84. The van der Waals surface area contributed by atoms with Gasteiger partial charge >= 0.3 is 0 Å². The molecular formula is C8H17N3O3S2. The predicted molar refractivity (Wildman–Crippen MR) is 66.5 cm³/mol. The van der Waals surface area contributed by atoms with E-state index in [9.17, 15) is 13.2 Å². The molecule has 1 amide bonds. The number of carbonyl (C=O) groups excluding carboxylic acids is 1. The number of carbonyl (C=O) groups is 1. The maximum Gasteiger partial charge on any atom is 0.235 e. The van der Waals surface area contributed by atoms with Crippen molar-refractivity contribution in [2.75, 3.05) is 20.1 Å². The normalized spacial score (nSPS) is 13.5. The van der Waals surface area contributed by atoms with Gasteiger partial charge in [0, 0.05) is 13.6 Å². The van der Waals surface area contributed by atoms with Crippen LogP contribution >= 0.6 is 12.2 Å². The molecule has 0 saturated heterocycles. The van der Waals surface area contributed by atoms with Crippen molar-refractivity contribution >= 4 is 33.1 Å². The zero-order chi connectivity index (χ0) is 12.9. The smallest absolute Gasteiger partial charge is 0.235 e. The van der Waals surface area contributed by atoms with Crippen LogP contribution in [0.5, 0.6) is 0 Å². The van der Waals surface area contributed by atoms with Crippen molar-refractivity contribution in [3.8, 4) is 0 Å². The fourth-order valence-electron chi connectivity index (χ4n) is 0.991. The van der Waals surface area contributed by atoms with E-state index in [0.717, 1.165) is 4.31 Å². The Morgan fingerprint density at radius 1 is 1.56 bits per heavy atom. The van der Waals surface area contributed by atoms with Crippen molar-refractivity contribution in [1.82, 2.24) is 9.62 Å². The average Bonchev–Trinajstić information content (AvgIpc) is 2.23. The summed E-state index contributed by atoms with van der Waals surface area (Å²) < 4.78 is 24.9. The molecule has 0 spiro atoms. The van der Waals surface area contributed by atoms with E-state index in [1.807, 2.05) is 0 Å². The number of hydrogen-bond acceptors (Lipinski definition) is 4. The lowest BCUT2D eigenvalue weighted by molar-refractivity contribution is -0.120. The van der Waals surface area contributed by atoms with Gasteiger partial charge in [-0.2, -0.15) is 4.31 Å². The van der Waals surface area contributed by atoms with Crippen molar-refractivity contribution in [3.63, 3.8) is 0 Å². The van der Waals surface area contributed by atoms with Crippen LogP contribution < -0.4 is 11.1 Å². The van der Waals surface area contributed by atoms with Gasteiger partial charge in [-0.1, -0.05) is 19.1 Å². The number of rotatable bonds is 6. The summed E-state index contributed by atoms with van der Waals surface area (Å²) in [4.78, 5) is 11.0. The van der Waals surface area contributed by atoms with E-state index in [0.29, 0.717) is 0 Å². The maximum absolute atomic E-state index is 11.9. The molecule has 0 fully saturated rings. The van der Waals surface area contributed by atoms with Gasteiger partial charge in [0.05, 0.1) is 11.5 Å². The predicted octanol–water partition coefficient (Wildman–Crippen LogP) is -0.941. The summed E-state index contributed by atoms with van der Waals surface area (Å²) in [5.74, 6) is -0.374. The zero-order valence-corrected chi connectivity index (χ0v) is 11.2. The van der Waals surface area contributed by atoms with Crippen LogP contribution in [0.3, 0.4) is 0 Å². The number of nitrogens with one attached hydrogen (secondary N) is 1. The summed E-state index contributed by atoms with van der Waals surface area (Å²) >= 11 is 4.65. The van der Waals surface area contributed by atoms with Gasteiger partial charge in [0.1, 0.15) is 5.25 Å². The third-order valence-corrected chi connectivity index (χ3v) is 4.92. The molecule has 0 aliphatic rings. The maximum atomic E-state index is 11.9. The quantitative estimate of drug-likeness (QED) is 0.606. The van der Waals surface area contributed by atoms with Gasteiger partial charge in [-0.3, -0.25) is 4.79 Å². The third-order valence-electron chi connectivity index (χ3n) is 2.16. The molecule has 0 saturated carbocycles. The monoisotopic (exact) mass is 267 g/mol. The second-order valence-electron chi connectivity index (χ2n) is 3.19. The summed E-state index contributed by atoms with van der Waals surface area (Å²) in [6.07, 6.45) is 0. The lowest BCUT2D eigenvalue weighted by Gasteiger charge is -2.23. The molecule has 0 heterocycles. The number of thiocarbonyl (C=S) groups is 1. The van der Waals surface area contributed by atoms with E-state index in [4.69, 9.17) is 5.73 Å². The Bertz CT molecular complexity index is 367. The molecule has 0 aromatic rings. The molecule has 0 aliphatic heterocycles. The molecular weight excluding hydrogens is 250 g/mol. The second-order valence-corrected chi connectivity index (χ2v) is 5.91. The highest BCUT2D eigenvalue weighted by atomic mass is 32.2. The van der Waals surface area contributed by atoms with Crippen LogP contribution in [0.1, 0.15) is 13.8 Å². The van der Waals surface area contributed by atoms with Gasteiger partial charge in [-0.25, -0.2) is 8.42 Å². The van der Waals surface area contributed by atoms with Crippen LogP contribution in [0.25, 0.3) is 0 Å². The van der Waals surface area contributed by atoms with Gasteiger partial charge in [0.25, 0.3) is 0 Å². The second kappa shape index (κ2) is 6.12. The number of nitrogens with two attached hydrogens (primary N) is 1. The van der Waals surface area contributed by atoms with Crippen molar-refractivity contribution in [2.24, 2.45) is 5.73 Å². The molecule has 0 bridgehead atoms. The minimum absolute atomic E-state index is 0.102. The summed E-state index contributed by atoms with van der Waals surface area (Å²) in [5, 5.41) is 1.40. The summed E-state index contributed by atoms with van der Waals surface area (Å²) in [7, 11) is -2.21. The van der Waals surface area contributed by atoms with Crippen molar-refractivity contribution in [3.05, 3.63) is 0 Å². The first kappa shape index (κ1) is 15.3. The van der Waals surface area contributed by atoms with Gasteiger partial charge < -0.3 is 11.1 Å². The highest BCUT2D eigenvalue weighted by Crippen LogP contribution is 2.08. The third kappa shape index (κ3) is 3.69. The van der Waals surface area contributed by atoms with Gasteiger partial charge in [-0.05, 0) is 6.92 Å². The van der Waals surface area contributed by atoms with E-state index >= 15 is 0 Å². The molecule has 16 heavy (non-hydrogen) atoms. The van der Waals surface area contributed by atoms with Crippen LogP contribution in [-0.2, 0) is 14.8 Å². The molecule has 6 nitrogen and oxygen atoms in total. The molecule has 94 valence electrons. The number of amides is 1.